The van der Waals surface area contributed by atoms with Crippen molar-refractivity contribution in [1.29, 1.82) is 0 Å². The lowest BCUT2D eigenvalue weighted by Gasteiger charge is -2.13. The number of carbonyl (C=O) groups excluding carboxylic acids is 3. The molecule has 3 amide bonds. The first kappa shape index (κ1) is 17.1. The third kappa shape index (κ3) is 3.53. The number of amides is 3. The van der Waals surface area contributed by atoms with E-state index < -0.39 is 0 Å². The molecule has 0 fully saturated rings. The summed E-state index contributed by atoms with van der Waals surface area (Å²) in [6.45, 7) is 0.437. The monoisotopic (exact) mass is 426 g/mol. The van der Waals surface area contributed by atoms with Crippen molar-refractivity contribution >= 4 is 56.6 Å². The minimum atomic E-state index is -0.367. The molecule has 5 nitrogen and oxygen atoms in total. The van der Waals surface area contributed by atoms with E-state index in [9.17, 15) is 14.4 Å². The van der Waals surface area contributed by atoms with Gasteiger partial charge in [0.2, 0.25) is 5.91 Å². The van der Waals surface area contributed by atoms with E-state index in [0.29, 0.717) is 22.0 Å². The van der Waals surface area contributed by atoms with Crippen LogP contribution in [0.4, 0.5) is 0 Å². The molecule has 2 heterocycles. The quantitative estimate of drug-likeness (QED) is 0.743. The molecular weight excluding hydrogens is 416 g/mol. The average Bonchev–Trinajstić information content (AvgIpc) is 3.06. The van der Waals surface area contributed by atoms with Gasteiger partial charge in [-0.2, -0.15) is 0 Å². The zero-order valence-corrected chi connectivity index (χ0v) is 15.5. The fraction of sp³-hybridized carbons (Fsp3) is 0.188. The van der Waals surface area contributed by atoms with Crippen molar-refractivity contribution in [2.24, 2.45) is 0 Å². The minimum Gasteiger partial charge on any atom is -0.351 e. The number of halogens is 2. The molecule has 8 heteroatoms. The van der Waals surface area contributed by atoms with E-state index in [2.05, 4.69) is 21.2 Å². The number of thiophene rings is 1. The van der Waals surface area contributed by atoms with Gasteiger partial charge in [0.15, 0.2) is 0 Å². The first-order valence-corrected chi connectivity index (χ1v) is 9.11. The highest BCUT2D eigenvalue weighted by molar-refractivity contribution is 9.10. The Kier molecular flexibility index (Phi) is 5.03. The summed E-state index contributed by atoms with van der Waals surface area (Å²) >= 11 is 10.5. The summed E-state index contributed by atoms with van der Waals surface area (Å²) in [6.07, 6.45) is 0.0613. The summed E-state index contributed by atoms with van der Waals surface area (Å²) in [7, 11) is 0. The van der Waals surface area contributed by atoms with Crippen LogP contribution in [0.3, 0.4) is 0 Å². The first-order chi connectivity index (χ1) is 11.5. The first-order valence-electron chi connectivity index (χ1n) is 7.12. The molecule has 0 bridgehead atoms. The molecule has 1 aliphatic heterocycles. The molecule has 1 aliphatic rings. The highest BCUT2D eigenvalue weighted by atomic mass is 79.9. The van der Waals surface area contributed by atoms with Crippen LogP contribution >= 0.6 is 38.9 Å². The molecule has 0 aliphatic carbocycles. The Morgan fingerprint density at radius 1 is 1.17 bits per heavy atom. The third-order valence-electron chi connectivity index (χ3n) is 3.58. The Morgan fingerprint density at radius 2 is 1.92 bits per heavy atom. The molecule has 124 valence electrons. The lowest BCUT2D eigenvalue weighted by Crippen LogP contribution is -2.34. The van der Waals surface area contributed by atoms with E-state index in [4.69, 9.17) is 11.6 Å². The van der Waals surface area contributed by atoms with Gasteiger partial charge in [0.1, 0.15) is 0 Å². The molecule has 1 aromatic carbocycles. The molecule has 24 heavy (non-hydrogen) atoms. The molecular formula is C16H12BrClN2O3S. The normalized spacial score (nSPS) is 13.3. The highest BCUT2D eigenvalue weighted by Crippen LogP contribution is 2.26. The molecule has 0 saturated heterocycles. The van der Waals surface area contributed by atoms with Crippen molar-refractivity contribution in [3.05, 3.63) is 55.1 Å². The molecule has 0 unspecified atom stereocenters. The largest absolute Gasteiger partial charge is 0.351 e. The van der Waals surface area contributed by atoms with Crippen LogP contribution in [0.15, 0.2) is 34.8 Å². The van der Waals surface area contributed by atoms with Crippen molar-refractivity contribution in [3.63, 3.8) is 0 Å². The zero-order valence-electron chi connectivity index (χ0n) is 12.3. The van der Waals surface area contributed by atoms with Crippen LogP contribution in [0, 0.1) is 0 Å². The fourth-order valence-corrected chi connectivity index (χ4v) is 3.79. The zero-order chi connectivity index (χ0) is 17.3. The van der Waals surface area contributed by atoms with Crippen molar-refractivity contribution in [2.75, 3.05) is 6.54 Å². The Hall–Kier alpha value is -1.70. The summed E-state index contributed by atoms with van der Waals surface area (Å²) in [4.78, 5) is 38.5. The van der Waals surface area contributed by atoms with Crippen LogP contribution in [-0.4, -0.2) is 29.2 Å². The molecule has 0 atom stereocenters. The van der Waals surface area contributed by atoms with Crippen LogP contribution in [0.1, 0.15) is 32.0 Å². The molecule has 0 spiro atoms. The van der Waals surface area contributed by atoms with Crippen molar-refractivity contribution < 1.29 is 14.4 Å². The summed E-state index contributed by atoms with van der Waals surface area (Å²) in [5.74, 6) is -0.952. The Bertz CT molecular complexity index is 836. The molecule has 1 N–H and O–H groups in total. The number of carbonyl (C=O) groups is 3. The van der Waals surface area contributed by atoms with Crippen LogP contribution in [0.5, 0.6) is 0 Å². The van der Waals surface area contributed by atoms with E-state index in [1.54, 1.807) is 24.3 Å². The highest BCUT2D eigenvalue weighted by Gasteiger charge is 2.35. The Balaban J connectivity index is 1.56. The SMILES string of the molecule is O=C(CCN1C(=O)c2ccc(Br)cc2C1=O)NCc1ccc(Cl)s1. The fourth-order valence-electron chi connectivity index (χ4n) is 2.40. The predicted octanol–water partition coefficient (Wildman–Crippen LogP) is 3.47. The van der Waals surface area contributed by atoms with Gasteiger partial charge < -0.3 is 5.32 Å². The molecule has 1 aromatic heterocycles. The number of imide groups is 1. The van der Waals surface area contributed by atoms with Gasteiger partial charge in [0.25, 0.3) is 11.8 Å². The summed E-state index contributed by atoms with van der Waals surface area (Å²) in [6, 6.07) is 8.56. The van der Waals surface area contributed by atoms with Gasteiger partial charge in [-0.05, 0) is 30.3 Å². The second kappa shape index (κ2) is 7.04. The summed E-state index contributed by atoms with van der Waals surface area (Å²) in [5.41, 5.74) is 0.736. The van der Waals surface area contributed by atoms with Gasteiger partial charge in [-0.1, -0.05) is 27.5 Å². The van der Waals surface area contributed by atoms with Gasteiger partial charge in [0, 0.05) is 22.3 Å². The van der Waals surface area contributed by atoms with Crippen molar-refractivity contribution in [1.82, 2.24) is 10.2 Å². The number of hydrogen-bond acceptors (Lipinski definition) is 4. The Labute approximate surface area is 155 Å². The van der Waals surface area contributed by atoms with Gasteiger partial charge in [-0.3, -0.25) is 19.3 Å². The van der Waals surface area contributed by atoms with Gasteiger partial charge in [-0.15, -0.1) is 11.3 Å². The number of benzene rings is 1. The van der Waals surface area contributed by atoms with Crippen LogP contribution in [-0.2, 0) is 11.3 Å². The Morgan fingerprint density at radius 3 is 2.62 bits per heavy atom. The van der Waals surface area contributed by atoms with Crippen LogP contribution in [0.2, 0.25) is 4.34 Å². The second-order valence-electron chi connectivity index (χ2n) is 5.18. The smallest absolute Gasteiger partial charge is 0.261 e. The van der Waals surface area contributed by atoms with E-state index >= 15 is 0 Å². The maximum Gasteiger partial charge on any atom is 0.261 e. The lowest BCUT2D eigenvalue weighted by molar-refractivity contribution is -0.121. The number of rotatable bonds is 5. The number of nitrogens with zero attached hydrogens (tertiary/aromatic N) is 1. The molecule has 3 rings (SSSR count). The average molecular weight is 428 g/mol. The van der Waals surface area contributed by atoms with Gasteiger partial charge >= 0.3 is 0 Å². The minimum absolute atomic E-state index is 0.0565. The van der Waals surface area contributed by atoms with Crippen LogP contribution < -0.4 is 5.32 Å². The summed E-state index contributed by atoms with van der Waals surface area (Å²) in [5, 5.41) is 2.75. The molecule has 2 aromatic rings. The lowest BCUT2D eigenvalue weighted by atomic mass is 10.1. The maximum atomic E-state index is 12.3. The van der Waals surface area contributed by atoms with Gasteiger partial charge in [-0.25, -0.2) is 0 Å². The van der Waals surface area contributed by atoms with E-state index in [1.165, 1.54) is 11.3 Å². The number of fused-ring (bicyclic) bond motifs is 1. The topological polar surface area (TPSA) is 66.5 Å². The van der Waals surface area contributed by atoms with Crippen molar-refractivity contribution in [3.8, 4) is 0 Å². The van der Waals surface area contributed by atoms with E-state index in [0.717, 1.165) is 14.2 Å². The maximum absolute atomic E-state index is 12.3. The standard InChI is InChI=1S/C16H12BrClN2O3S/c17-9-1-3-11-12(7-9)16(23)20(15(11)22)6-5-14(21)19-8-10-2-4-13(18)24-10/h1-4,7H,5-6,8H2,(H,19,21). The van der Waals surface area contributed by atoms with Gasteiger partial charge in [0.05, 0.1) is 22.0 Å². The molecule has 0 radical (unpaired) electrons. The predicted molar refractivity (Wildman–Crippen MR) is 95.3 cm³/mol. The van der Waals surface area contributed by atoms with Crippen molar-refractivity contribution in [2.45, 2.75) is 13.0 Å². The van der Waals surface area contributed by atoms with Crippen LogP contribution in [0.25, 0.3) is 0 Å². The summed E-state index contributed by atoms with van der Waals surface area (Å²) < 4.78 is 1.40. The second-order valence-corrected chi connectivity index (χ2v) is 7.90. The number of nitrogens with one attached hydrogen (secondary N) is 1. The van der Waals surface area contributed by atoms with E-state index in [1.807, 2.05) is 6.07 Å². The number of hydrogen-bond donors (Lipinski definition) is 1. The third-order valence-corrected chi connectivity index (χ3v) is 5.31. The molecule has 0 saturated carbocycles. The van der Waals surface area contributed by atoms with E-state index in [-0.39, 0.29) is 30.7 Å².